The fourth-order valence-corrected chi connectivity index (χ4v) is 3.41. The number of hydrogen-bond donors (Lipinski definition) is 2. The van der Waals surface area contributed by atoms with E-state index < -0.39 is 10.0 Å². The molecule has 0 aliphatic carbocycles. The van der Waals surface area contributed by atoms with Crippen LogP contribution in [0.4, 0.5) is 11.4 Å². The molecule has 2 aromatic rings. The van der Waals surface area contributed by atoms with E-state index in [0.29, 0.717) is 17.2 Å². The lowest BCUT2D eigenvalue weighted by atomic mass is 10.3. The molecular formula is C17H21N3O4S. The molecule has 2 aromatic carbocycles. The van der Waals surface area contributed by atoms with Gasteiger partial charge in [-0.3, -0.25) is 4.72 Å². The number of nitrogens with zero attached hydrogens (tertiary/aromatic N) is 1. The van der Waals surface area contributed by atoms with Gasteiger partial charge in [-0.25, -0.2) is 8.42 Å². The second-order valence-electron chi connectivity index (χ2n) is 5.93. The van der Waals surface area contributed by atoms with Crippen LogP contribution in [0.1, 0.15) is 0 Å². The van der Waals surface area contributed by atoms with Crippen molar-refractivity contribution in [1.82, 2.24) is 4.90 Å². The number of likely N-dealkylation sites (N-methyl/N-ethyl adjacent to an activating group) is 1. The van der Waals surface area contributed by atoms with Crippen LogP contribution in [0.15, 0.2) is 47.4 Å². The minimum atomic E-state index is -3.69. The van der Waals surface area contributed by atoms with Gasteiger partial charge in [-0.1, -0.05) is 0 Å². The molecule has 0 fully saturated rings. The van der Waals surface area contributed by atoms with Crippen LogP contribution >= 0.6 is 0 Å². The maximum Gasteiger partial charge on any atom is 0.262 e. The molecule has 1 heterocycles. The van der Waals surface area contributed by atoms with Crippen LogP contribution in [0.5, 0.6) is 11.5 Å². The van der Waals surface area contributed by atoms with Crippen LogP contribution < -0.4 is 19.5 Å². The number of nitrogens with one attached hydrogen (secondary N) is 2. The van der Waals surface area contributed by atoms with Gasteiger partial charge in [0.25, 0.3) is 10.0 Å². The van der Waals surface area contributed by atoms with E-state index in [0.717, 1.165) is 18.8 Å². The summed E-state index contributed by atoms with van der Waals surface area (Å²) >= 11 is 0. The van der Waals surface area contributed by atoms with Gasteiger partial charge in [0.05, 0.1) is 4.90 Å². The van der Waals surface area contributed by atoms with Crippen LogP contribution in [0, 0.1) is 0 Å². The summed E-state index contributed by atoms with van der Waals surface area (Å²) in [7, 11) is 0.331. The van der Waals surface area contributed by atoms with Gasteiger partial charge in [0.2, 0.25) is 6.79 Å². The third-order valence-electron chi connectivity index (χ3n) is 3.68. The van der Waals surface area contributed by atoms with Crippen molar-refractivity contribution in [2.24, 2.45) is 0 Å². The Morgan fingerprint density at radius 3 is 2.40 bits per heavy atom. The summed E-state index contributed by atoms with van der Waals surface area (Å²) in [5, 5.41) is 3.28. The van der Waals surface area contributed by atoms with E-state index in [2.05, 4.69) is 14.9 Å². The van der Waals surface area contributed by atoms with Gasteiger partial charge in [0, 0.05) is 30.5 Å². The number of anilines is 2. The molecule has 0 bridgehead atoms. The molecule has 0 radical (unpaired) electrons. The van der Waals surface area contributed by atoms with Crippen molar-refractivity contribution in [2.45, 2.75) is 4.90 Å². The van der Waals surface area contributed by atoms with Crippen molar-refractivity contribution in [3.8, 4) is 11.5 Å². The summed E-state index contributed by atoms with van der Waals surface area (Å²) in [6, 6.07) is 11.7. The molecule has 8 heteroatoms. The highest BCUT2D eigenvalue weighted by molar-refractivity contribution is 7.92. The third-order valence-corrected chi connectivity index (χ3v) is 5.06. The fourth-order valence-electron chi connectivity index (χ4n) is 2.34. The number of benzene rings is 2. The van der Waals surface area contributed by atoms with Crippen LogP contribution in [0.25, 0.3) is 0 Å². The monoisotopic (exact) mass is 363 g/mol. The third kappa shape index (κ3) is 4.34. The number of ether oxygens (including phenoxy) is 2. The van der Waals surface area contributed by atoms with Crippen LogP contribution in [-0.2, 0) is 10.0 Å². The molecule has 0 spiro atoms. The van der Waals surface area contributed by atoms with E-state index in [1.54, 1.807) is 18.2 Å². The Morgan fingerprint density at radius 2 is 1.68 bits per heavy atom. The first-order valence-electron chi connectivity index (χ1n) is 7.85. The lowest BCUT2D eigenvalue weighted by Gasteiger charge is -2.12. The topological polar surface area (TPSA) is 79.9 Å². The summed E-state index contributed by atoms with van der Waals surface area (Å²) in [5.74, 6) is 0.982. The van der Waals surface area contributed by atoms with Crippen LogP contribution in [0.3, 0.4) is 0 Å². The van der Waals surface area contributed by atoms with E-state index >= 15 is 0 Å². The molecule has 134 valence electrons. The highest BCUT2D eigenvalue weighted by Crippen LogP contribution is 2.34. The zero-order valence-electron chi connectivity index (χ0n) is 14.2. The van der Waals surface area contributed by atoms with Gasteiger partial charge in [-0.2, -0.15) is 0 Å². The Hall–Kier alpha value is -2.45. The summed E-state index contributed by atoms with van der Waals surface area (Å²) in [4.78, 5) is 2.21. The highest BCUT2D eigenvalue weighted by atomic mass is 32.2. The SMILES string of the molecule is CN(C)CCNc1ccc(NS(=O)(=O)c2ccc3c(c2)OCO3)cc1. The van der Waals surface area contributed by atoms with Crippen molar-refractivity contribution in [1.29, 1.82) is 0 Å². The minimum absolute atomic E-state index is 0.106. The first-order valence-corrected chi connectivity index (χ1v) is 9.33. The van der Waals surface area contributed by atoms with Gasteiger partial charge < -0.3 is 19.7 Å². The van der Waals surface area contributed by atoms with Crippen LogP contribution in [-0.4, -0.2) is 47.3 Å². The normalized spacial score (nSPS) is 13.1. The second kappa shape index (κ2) is 7.20. The molecule has 0 atom stereocenters. The molecule has 0 aromatic heterocycles. The van der Waals surface area contributed by atoms with Crippen molar-refractivity contribution in [3.63, 3.8) is 0 Å². The Bertz CT molecular complexity index is 835. The lowest BCUT2D eigenvalue weighted by Crippen LogP contribution is -2.20. The number of rotatable bonds is 7. The fraction of sp³-hybridized carbons (Fsp3) is 0.294. The molecule has 3 rings (SSSR count). The molecule has 0 unspecified atom stereocenters. The molecule has 2 N–H and O–H groups in total. The van der Waals surface area contributed by atoms with E-state index in [1.165, 1.54) is 12.1 Å². The second-order valence-corrected chi connectivity index (χ2v) is 7.61. The van der Waals surface area contributed by atoms with E-state index in [-0.39, 0.29) is 11.7 Å². The maximum atomic E-state index is 12.5. The predicted octanol–water partition coefficient (Wildman–Crippen LogP) is 2.19. The minimum Gasteiger partial charge on any atom is -0.454 e. The first-order chi connectivity index (χ1) is 11.9. The van der Waals surface area contributed by atoms with Gasteiger partial charge in [0.1, 0.15) is 0 Å². The standard InChI is InChI=1S/C17H21N3O4S/c1-20(2)10-9-18-13-3-5-14(6-4-13)19-25(21,22)15-7-8-16-17(11-15)24-12-23-16/h3-8,11,18-19H,9-10,12H2,1-2H3. The van der Waals surface area contributed by atoms with Gasteiger partial charge in [-0.15, -0.1) is 0 Å². The van der Waals surface area contributed by atoms with E-state index in [1.807, 2.05) is 26.2 Å². The average molecular weight is 363 g/mol. The Morgan fingerprint density at radius 1 is 1.00 bits per heavy atom. The molecule has 25 heavy (non-hydrogen) atoms. The molecule has 0 saturated heterocycles. The zero-order chi connectivity index (χ0) is 17.9. The summed E-state index contributed by atoms with van der Waals surface area (Å²) in [5.41, 5.74) is 1.43. The Balaban J connectivity index is 1.66. The number of hydrogen-bond acceptors (Lipinski definition) is 6. The zero-order valence-corrected chi connectivity index (χ0v) is 15.0. The maximum absolute atomic E-state index is 12.5. The first kappa shape index (κ1) is 17.4. The lowest BCUT2D eigenvalue weighted by molar-refractivity contribution is 0.174. The van der Waals surface area contributed by atoms with Crippen molar-refractivity contribution in [2.75, 3.05) is 44.0 Å². The van der Waals surface area contributed by atoms with E-state index in [4.69, 9.17) is 9.47 Å². The summed E-state index contributed by atoms with van der Waals surface area (Å²) in [6.07, 6.45) is 0. The van der Waals surface area contributed by atoms with Gasteiger partial charge in [-0.05, 0) is 50.5 Å². The molecule has 1 aliphatic heterocycles. The molecule has 1 aliphatic rings. The molecule has 7 nitrogen and oxygen atoms in total. The Labute approximate surface area is 147 Å². The highest BCUT2D eigenvalue weighted by Gasteiger charge is 2.20. The summed E-state index contributed by atoms with van der Waals surface area (Å²) < 4.78 is 38.0. The molecular weight excluding hydrogens is 342 g/mol. The number of sulfonamides is 1. The quantitative estimate of drug-likeness (QED) is 0.785. The van der Waals surface area contributed by atoms with E-state index in [9.17, 15) is 8.42 Å². The number of fused-ring (bicyclic) bond motifs is 1. The van der Waals surface area contributed by atoms with Crippen LogP contribution in [0.2, 0.25) is 0 Å². The largest absolute Gasteiger partial charge is 0.454 e. The summed E-state index contributed by atoms with van der Waals surface area (Å²) in [6.45, 7) is 1.84. The smallest absolute Gasteiger partial charge is 0.262 e. The van der Waals surface area contributed by atoms with Crippen molar-refractivity contribution < 1.29 is 17.9 Å². The molecule has 0 amide bonds. The Kier molecular flexibility index (Phi) is 5.00. The van der Waals surface area contributed by atoms with Crippen molar-refractivity contribution >= 4 is 21.4 Å². The van der Waals surface area contributed by atoms with Gasteiger partial charge >= 0.3 is 0 Å². The predicted molar refractivity (Wildman–Crippen MR) is 96.9 cm³/mol. The molecule has 0 saturated carbocycles. The van der Waals surface area contributed by atoms with Crippen molar-refractivity contribution in [3.05, 3.63) is 42.5 Å². The average Bonchev–Trinajstić information content (AvgIpc) is 3.03. The van der Waals surface area contributed by atoms with Gasteiger partial charge in [0.15, 0.2) is 11.5 Å².